The fraction of sp³-hybridized carbons (Fsp3) is 0.0667. The summed E-state index contributed by atoms with van der Waals surface area (Å²) in [4.78, 5) is 4.61. The third-order valence-electron chi connectivity index (χ3n) is 3.12. The Morgan fingerprint density at radius 3 is 2.47 bits per heavy atom. The number of benzene rings is 2. The van der Waals surface area contributed by atoms with Crippen LogP contribution in [0.25, 0.3) is 22.3 Å². The quantitative estimate of drug-likeness (QED) is 0.542. The molecule has 3 nitrogen and oxygen atoms in total. The molecule has 0 amide bonds. The Morgan fingerprint density at radius 1 is 1.05 bits per heavy atom. The molecule has 2 N–H and O–H groups in total. The van der Waals surface area contributed by atoms with Gasteiger partial charge < -0.3 is 5.84 Å². The van der Waals surface area contributed by atoms with Gasteiger partial charge in [0.05, 0.1) is 5.52 Å². The molecule has 2 aromatic carbocycles. The minimum absolute atomic E-state index is 0.598. The van der Waals surface area contributed by atoms with Crippen LogP contribution in [-0.4, -0.2) is 9.66 Å². The van der Waals surface area contributed by atoms with E-state index in [-0.39, 0.29) is 0 Å². The first-order valence-electron chi connectivity index (χ1n) is 6.01. The summed E-state index contributed by atoms with van der Waals surface area (Å²) in [6.07, 6.45) is 0. The summed E-state index contributed by atoms with van der Waals surface area (Å²) in [5.41, 5.74) is 3.03. The Bertz CT molecular complexity index is 804. The lowest BCUT2D eigenvalue weighted by Crippen LogP contribution is -2.15. The van der Waals surface area contributed by atoms with E-state index in [2.05, 4.69) is 4.98 Å². The Hall–Kier alpha value is -2.20. The van der Waals surface area contributed by atoms with Crippen LogP contribution in [-0.2, 0) is 0 Å². The van der Waals surface area contributed by atoms with Crippen molar-refractivity contribution in [3.63, 3.8) is 0 Å². The van der Waals surface area contributed by atoms with E-state index >= 15 is 0 Å². The molecule has 3 aromatic rings. The molecule has 0 aliphatic carbocycles. The number of nitrogens with two attached hydrogens (primary N) is 1. The van der Waals surface area contributed by atoms with Crippen molar-refractivity contribution in [1.82, 2.24) is 9.66 Å². The normalized spacial score (nSPS) is 10.8. The second-order valence-corrected chi connectivity index (χ2v) is 4.88. The topological polar surface area (TPSA) is 43.8 Å². The highest BCUT2D eigenvalue weighted by atomic mass is 32.1. The molecule has 0 spiro atoms. The largest absolute Gasteiger partial charge is 0.336 e. The maximum atomic E-state index is 6.07. The van der Waals surface area contributed by atoms with Crippen molar-refractivity contribution in [3.05, 3.63) is 58.7 Å². The first-order valence-corrected chi connectivity index (χ1v) is 6.41. The molecule has 0 unspecified atom stereocenters. The third-order valence-corrected chi connectivity index (χ3v) is 3.53. The van der Waals surface area contributed by atoms with Gasteiger partial charge in [0.15, 0.2) is 5.82 Å². The van der Waals surface area contributed by atoms with Gasteiger partial charge in [0, 0.05) is 10.9 Å². The fourth-order valence-electron chi connectivity index (χ4n) is 2.05. The van der Waals surface area contributed by atoms with Crippen LogP contribution in [0.15, 0.2) is 48.5 Å². The van der Waals surface area contributed by atoms with Gasteiger partial charge in [-0.1, -0.05) is 54.2 Å². The van der Waals surface area contributed by atoms with Gasteiger partial charge >= 0.3 is 0 Å². The van der Waals surface area contributed by atoms with E-state index in [1.807, 2.05) is 55.5 Å². The highest BCUT2D eigenvalue weighted by Gasteiger charge is 2.08. The van der Waals surface area contributed by atoms with Crippen molar-refractivity contribution in [1.29, 1.82) is 0 Å². The van der Waals surface area contributed by atoms with Gasteiger partial charge in [-0.25, -0.2) is 9.66 Å². The summed E-state index contributed by atoms with van der Waals surface area (Å²) >= 11 is 5.41. The summed E-state index contributed by atoms with van der Waals surface area (Å²) in [7, 11) is 0. The number of fused-ring (bicyclic) bond motifs is 1. The molecule has 19 heavy (non-hydrogen) atoms. The number of para-hydroxylation sites is 1. The van der Waals surface area contributed by atoms with E-state index in [0.717, 1.165) is 16.5 Å². The molecule has 3 rings (SSSR count). The van der Waals surface area contributed by atoms with Crippen LogP contribution in [0.5, 0.6) is 0 Å². The molecule has 0 aliphatic heterocycles. The molecular weight excluding hydrogens is 254 g/mol. The average Bonchev–Trinajstić information content (AvgIpc) is 2.44. The zero-order chi connectivity index (χ0) is 13.4. The van der Waals surface area contributed by atoms with E-state index in [1.165, 1.54) is 10.2 Å². The van der Waals surface area contributed by atoms with E-state index in [0.29, 0.717) is 10.5 Å². The van der Waals surface area contributed by atoms with Gasteiger partial charge in [0.25, 0.3) is 0 Å². The van der Waals surface area contributed by atoms with Gasteiger partial charge in [0.2, 0.25) is 0 Å². The first kappa shape index (κ1) is 11.9. The Kier molecular flexibility index (Phi) is 2.80. The molecule has 4 heteroatoms. The fourth-order valence-corrected chi connectivity index (χ4v) is 2.31. The average molecular weight is 267 g/mol. The van der Waals surface area contributed by atoms with Gasteiger partial charge in [-0.15, -0.1) is 0 Å². The van der Waals surface area contributed by atoms with Crippen molar-refractivity contribution in [2.75, 3.05) is 5.84 Å². The smallest absolute Gasteiger partial charge is 0.160 e. The van der Waals surface area contributed by atoms with E-state index in [9.17, 15) is 0 Å². The molecule has 0 aliphatic rings. The number of aromatic nitrogens is 2. The van der Waals surface area contributed by atoms with Crippen LogP contribution in [0.3, 0.4) is 0 Å². The maximum absolute atomic E-state index is 6.07. The highest BCUT2D eigenvalue weighted by molar-refractivity contribution is 7.71. The SMILES string of the molecule is Cc1ccc(-c2nc3ccccc3c(=S)n2N)cc1. The van der Waals surface area contributed by atoms with Gasteiger partial charge in [0.1, 0.15) is 4.64 Å². The standard InChI is InChI=1S/C15H13N3S/c1-10-6-8-11(9-7-10)14-17-13-5-3-2-4-12(13)15(19)18(14)16/h2-9H,16H2,1H3. The van der Waals surface area contributed by atoms with Crippen LogP contribution < -0.4 is 5.84 Å². The number of rotatable bonds is 1. The van der Waals surface area contributed by atoms with Crippen molar-refractivity contribution >= 4 is 23.1 Å². The summed E-state index contributed by atoms with van der Waals surface area (Å²) in [5.74, 6) is 6.75. The van der Waals surface area contributed by atoms with Crippen LogP contribution in [0.2, 0.25) is 0 Å². The number of nitrogen functional groups attached to an aromatic ring is 1. The molecule has 94 valence electrons. The minimum atomic E-state index is 0.598. The molecule has 0 radical (unpaired) electrons. The van der Waals surface area contributed by atoms with E-state index in [4.69, 9.17) is 18.1 Å². The zero-order valence-electron chi connectivity index (χ0n) is 10.5. The molecule has 0 atom stereocenters. The number of nitrogens with zero attached hydrogens (tertiary/aromatic N) is 2. The lowest BCUT2D eigenvalue weighted by Gasteiger charge is -2.10. The molecule has 0 saturated heterocycles. The Balaban J connectivity index is 2.33. The molecule has 0 bridgehead atoms. The Labute approximate surface area is 116 Å². The molecule has 0 saturated carbocycles. The first-order chi connectivity index (χ1) is 9.16. The van der Waals surface area contributed by atoms with Crippen molar-refractivity contribution in [2.45, 2.75) is 6.92 Å². The van der Waals surface area contributed by atoms with E-state index < -0.39 is 0 Å². The van der Waals surface area contributed by atoms with Crippen LogP contribution in [0.4, 0.5) is 0 Å². The maximum Gasteiger partial charge on any atom is 0.160 e. The number of hydrogen-bond donors (Lipinski definition) is 1. The lowest BCUT2D eigenvalue weighted by atomic mass is 10.1. The third kappa shape index (κ3) is 2.00. The minimum Gasteiger partial charge on any atom is -0.336 e. The predicted octanol–water partition coefficient (Wildman–Crippen LogP) is 3.46. The predicted molar refractivity (Wildman–Crippen MR) is 80.9 cm³/mol. The van der Waals surface area contributed by atoms with Gasteiger partial charge in [-0.3, -0.25) is 0 Å². The van der Waals surface area contributed by atoms with Crippen molar-refractivity contribution in [2.24, 2.45) is 0 Å². The van der Waals surface area contributed by atoms with Crippen LogP contribution in [0.1, 0.15) is 5.56 Å². The molecular formula is C15H13N3S. The summed E-state index contributed by atoms with van der Waals surface area (Å²) in [6, 6.07) is 15.9. The molecule has 1 heterocycles. The van der Waals surface area contributed by atoms with Crippen LogP contribution in [0, 0.1) is 11.6 Å². The summed E-state index contributed by atoms with van der Waals surface area (Å²) in [6.45, 7) is 2.05. The zero-order valence-corrected chi connectivity index (χ0v) is 11.3. The van der Waals surface area contributed by atoms with Gasteiger partial charge in [-0.05, 0) is 19.1 Å². The molecule has 1 aromatic heterocycles. The summed E-state index contributed by atoms with van der Waals surface area (Å²) < 4.78 is 2.07. The Morgan fingerprint density at radius 2 is 1.74 bits per heavy atom. The number of aryl methyl sites for hydroxylation is 1. The van der Waals surface area contributed by atoms with Gasteiger partial charge in [-0.2, -0.15) is 0 Å². The monoisotopic (exact) mass is 267 g/mol. The lowest BCUT2D eigenvalue weighted by molar-refractivity contribution is 0.954. The van der Waals surface area contributed by atoms with Crippen molar-refractivity contribution in [3.8, 4) is 11.4 Å². The highest BCUT2D eigenvalue weighted by Crippen LogP contribution is 2.21. The summed E-state index contributed by atoms with van der Waals surface area (Å²) in [5, 5.41) is 0.899. The van der Waals surface area contributed by atoms with Crippen molar-refractivity contribution < 1.29 is 0 Å². The van der Waals surface area contributed by atoms with Crippen LogP contribution >= 0.6 is 12.2 Å². The second-order valence-electron chi connectivity index (χ2n) is 4.49. The van der Waals surface area contributed by atoms with E-state index in [1.54, 1.807) is 0 Å². The number of hydrogen-bond acceptors (Lipinski definition) is 3. The second kappa shape index (κ2) is 4.48. The molecule has 0 fully saturated rings.